The summed E-state index contributed by atoms with van der Waals surface area (Å²) in [4.78, 5) is 13.9. The first-order chi connectivity index (χ1) is 10.4. The molecule has 1 heterocycles. The maximum absolute atomic E-state index is 10.9. The van der Waals surface area contributed by atoms with Crippen LogP contribution in [-0.4, -0.2) is 27.9 Å². The van der Waals surface area contributed by atoms with Crippen molar-refractivity contribution in [2.45, 2.75) is 26.2 Å². The number of allylic oxidation sites excluding steroid dienone is 3. The first kappa shape index (κ1) is 15.7. The van der Waals surface area contributed by atoms with Gasteiger partial charge in [-0.15, -0.1) is 0 Å². The minimum Gasteiger partial charge on any atom is -0.486 e. The third-order valence-electron chi connectivity index (χ3n) is 3.96. The van der Waals surface area contributed by atoms with E-state index < -0.39 is 5.97 Å². The van der Waals surface area contributed by atoms with Crippen molar-refractivity contribution >= 4 is 17.4 Å². The Hall–Kier alpha value is -2.67. The van der Waals surface area contributed by atoms with E-state index >= 15 is 0 Å². The molecule has 0 aliphatic carbocycles. The van der Waals surface area contributed by atoms with Crippen molar-refractivity contribution in [3.63, 3.8) is 0 Å². The Morgan fingerprint density at radius 2 is 2.09 bits per heavy atom. The second-order valence-electron chi connectivity index (χ2n) is 5.60. The van der Waals surface area contributed by atoms with Crippen molar-refractivity contribution in [3.05, 3.63) is 65.2 Å². The van der Waals surface area contributed by atoms with Crippen LogP contribution >= 0.6 is 0 Å². The third-order valence-corrected chi connectivity index (χ3v) is 3.96. The van der Waals surface area contributed by atoms with E-state index in [2.05, 4.69) is 42.3 Å². The van der Waals surface area contributed by atoms with Crippen LogP contribution in [0.25, 0.3) is 4.85 Å². The summed E-state index contributed by atoms with van der Waals surface area (Å²) in [7, 11) is 0. The molecule has 0 fully saturated rings. The van der Waals surface area contributed by atoms with Gasteiger partial charge in [0.2, 0.25) is 5.69 Å². The standard InChI is InChI=1S/C18H18N2O2/c1-5-20-15-11-7-6-9-13(15)18(2,3)16(20)12-8-10-14(19-4)17(21)22/h6-12H,5H2,1-3H3/p+1/b12-8+,14-10-. The molecule has 22 heavy (non-hydrogen) atoms. The Labute approximate surface area is 130 Å². The molecular weight excluding hydrogens is 276 g/mol. The van der Waals surface area contributed by atoms with Crippen molar-refractivity contribution in [3.8, 4) is 0 Å². The van der Waals surface area contributed by atoms with Gasteiger partial charge < -0.3 is 5.11 Å². The number of fused-ring (bicyclic) bond motifs is 1. The number of hydrogen-bond donors (Lipinski definition) is 1. The van der Waals surface area contributed by atoms with E-state index in [0.29, 0.717) is 0 Å². The molecular formula is C18H19N2O2+. The lowest BCUT2D eigenvalue weighted by atomic mass is 9.81. The molecule has 0 saturated heterocycles. The highest BCUT2D eigenvalue weighted by Gasteiger charge is 2.43. The van der Waals surface area contributed by atoms with Gasteiger partial charge in [0.05, 0.1) is 12.0 Å². The predicted molar refractivity (Wildman–Crippen MR) is 86.4 cm³/mol. The third kappa shape index (κ3) is 2.58. The fourth-order valence-corrected chi connectivity index (χ4v) is 2.87. The molecule has 1 aromatic rings. The van der Waals surface area contributed by atoms with Crippen LogP contribution in [-0.2, 0) is 10.2 Å². The summed E-state index contributed by atoms with van der Waals surface area (Å²) < 4.78 is 2.22. The minimum absolute atomic E-state index is 0.154. The quantitative estimate of drug-likeness (QED) is 0.400. The Balaban J connectivity index is 2.47. The average Bonchev–Trinajstić information content (AvgIpc) is 2.71. The molecule has 4 heteroatoms. The van der Waals surface area contributed by atoms with Crippen LogP contribution in [0.15, 0.2) is 48.2 Å². The van der Waals surface area contributed by atoms with Crippen molar-refractivity contribution < 1.29 is 14.5 Å². The van der Waals surface area contributed by atoms with Crippen LogP contribution in [0.4, 0.5) is 5.69 Å². The van der Waals surface area contributed by atoms with Crippen LogP contribution in [0.3, 0.4) is 0 Å². The van der Waals surface area contributed by atoms with E-state index in [0.717, 1.165) is 12.3 Å². The van der Waals surface area contributed by atoms with Crippen LogP contribution < -0.4 is 0 Å². The van der Waals surface area contributed by atoms with E-state index in [9.17, 15) is 4.79 Å². The molecule has 2 rings (SSSR count). The number of hydrogen-bond acceptors (Lipinski definition) is 1. The highest BCUT2D eigenvalue weighted by molar-refractivity contribution is 6.03. The lowest BCUT2D eigenvalue weighted by Gasteiger charge is -2.15. The van der Waals surface area contributed by atoms with Gasteiger partial charge in [0.15, 0.2) is 5.71 Å². The molecule has 0 saturated carbocycles. The molecule has 112 valence electrons. The molecule has 0 bridgehead atoms. The van der Waals surface area contributed by atoms with Crippen molar-refractivity contribution in [2.24, 2.45) is 0 Å². The molecule has 4 nitrogen and oxygen atoms in total. The molecule has 0 atom stereocenters. The monoisotopic (exact) mass is 295 g/mol. The number of nitrogens with zero attached hydrogens (tertiary/aromatic N) is 2. The van der Waals surface area contributed by atoms with Gasteiger partial charge in [0.25, 0.3) is 5.70 Å². The van der Waals surface area contributed by atoms with E-state index in [1.807, 2.05) is 18.2 Å². The molecule has 1 aliphatic rings. The first-order valence-corrected chi connectivity index (χ1v) is 7.17. The van der Waals surface area contributed by atoms with Crippen LogP contribution in [0.5, 0.6) is 0 Å². The van der Waals surface area contributed by atoms with Gasteiger partial charge in [0.1, 0.15) is 6.54 Å². The summed E-state index contributed by atoms with van der Waals surface area (Å²) in [6, 6.07) is 8.27. The number of carboxylic acid groups (broad SMARTS) is 1. The molecule has 0 spiro atoms. The minimum atomic E-state index is -1.20. The topological polar surface area (TPSA) is 44.7 Å². The van der Waals surface area contributed by atoms with Crippen molar-refractivity contribution in [1.82, 2.24) is 0 Å². The zero-order chi connectivity index (χ0) is 16.3. The number of carboxylic acids is 1. The Morgan fingerprint density at radius 3 is 2.68 bits per heavy atom. The van der Waals surface area contributed by atoms with Gasteiger partial charge in [-0.05, 0) is 26.8 Å². The lowest BCUT2D eigenvalue weighted by Crippen LogP contribution is -2.27. The number of benzene rings is 1. The number of aliphatic carboxylic acids is 1. The zero-order valence-electron chi connectivity index (χ0n) is 13.0. The van der Waals surface area contributed by atoms with Gasteiger partial charge in [-0.3, -0.25) is 4.79 Å². The van der Waals surface area contributed by atoms with Gasteiger partial charge in [0, 0.05) is 17.7 Å². The fourth-order valence-electron chi connectivity index (χ4n) is 2.87. The fraction of sp³-hybridized carbons (Fsp3) is 0.278. The number of carbonyl (C=O) groups is 1. The van der Waals surface area contributed by atoms with E-state index in [1.54, 1.807) is 6.08 Å². The molecule has 1 aliphatic heterocycles. The van der Waals surface area contributed by atoms with Gasteiger partial charge in [-0.2, -0.15) is 4.58 Å². The molecule has 0 radical (unpaired) electrons. The summed E-state index contributed by atoms with van der Waals surface area (Å²) in [5.41, 5.74) is 3.10. The summed E-state index contributed by atoms with van der Waals surface area (Å²) in [5.74, 6) is -1.20. The lowest BCUT2D eigenvalue weighted by molar-refractivity contribution is -0.433. The molecule has 1 aromatic carbocycles. The highest BCUT2D eigenvalue weighted by atomic mass is 16.4. The van der Waals surface area contributed by atoms with E-state index in [1.165, 1.54) is 17.3 Å². The maximum atomic E-state index is 10.9. The zero-order valence-corrected chi connectivity index (χ0v) is 13.0. The van der Waals surface area contributed by atoms with Crippen molar-refractivity contribution in [1.29, 1.82) is 0 Å². The molecule has 0 aromatic heterocycles. The Bertz CT molecular complexity index is 747. The average molecular weight is 295 g/mol. The van der Waals surface area contributed by atoms with Gasteiger partial charge >= 0.3 is 5.97 Å². The van der Waals surface area contributed by atoms with Crippen molar-refractivity contribution in [2.75, 3.05) is 6.54 Å². The predicted octanol–water partition coefficient (Wildman–Crippen LogP) is 3.53. The molecule has 1 N–H and O–H groups in total. The number of rotatable bonds is 4. The molecule has 0 unspecified atom stereocenters. The summed E-state index contributed by atoms with van der Waals surface area (Å²) >= 11 is 0. The largest absolute Gasteiger partial charge is 0.486 e. The second kappa shape index (κ2) is 5.98. The highest BCUT2D eigenvalue weighted by Crippen LogP contribution is 2.39. The summed E-state index contributed by atoms with van der Waals surface area (Å²) in [5, 5.41) is 8.87. The van der Waals surface area contributed by atoms with Gasteiger partial charge in [-0.25, -0.2) is 4.85 Å². The second-order valence-corrected chi connectivity index (χ2v) is 5.60. The first-order valence-electron chi connectivity index (χ1n) is 7.17. The van der Waals surface area contributed by atoms with Crippen LogP contribution in [0.1, 0.15) is 26.3 Å². The Kier molecular flexibility index (Phi) is 4.27. The van der Waals surface area contributed by atoms with Gasteiger partial charge in [-0.1, -0.05) is 24.3 Å². The van der Waals surface area contributed by atoms with Crippen LogP contribution in [0.2, 0.25) is 0 Å². The maximum Gasteiger partial charge on any atom is 0.333 e. The molecule has 0 amide bonds. The number of para-hydroxylation sites is 1. The SMILES string of the molecule is [C-]#[N+]/C(=C\C=C\C1=[N+](CC)c2ccccc2C1(C)C)C(=O)O. The smallest absolute Gasteiger partial charge is 0.333 e. The van der Waals surface area contributed by atoms with E-state index in [-0.39, 0.29) is 11.1 Å². The Morgan fingerprint density at radius 1 is 1.41 bits per heavy atom. The summed E-state index contributed by atoms with van der Waals surface area (Å²) in [6.07, 6.45) is 4.89. The van der Waals surface area contributed by atoms with E-state index in [4.69, 9.17) is 11.7 Å². The van der Waals surface area contributed by atoms with Crippen LogP contribution in [0, 0.1) is 6.57 Å². The normalized spacial score (nSPS) is 16.7. The summed E-state index contributed by atoms with van der Waals surface area (Å²) in [6.45, 7) is 14.1.